The van der Waals surface area contributed by atoms with Crippen LogP contribution in [0.5, 0.6) is 0 Å². The highest BCUT2D eigenvalue weighted by Gasteiger charge is 2.46. The van der Waals surface area contributed by atoms with Gasteiger partial charge < -0.3 is 10.4 Å². The monoisotopic (exact) mass is 307 g/mol. The van der Waals surface area contributed by atoms with Crippen molar-refractivity contribution in [1.82, 2.24) is 0 Å². The number of hydrogen-bond acceptors (Lipinski definition) is 4. The minimum atomic E-state index is -1.86. The minimum Gasteiger partial charge on any atom is -0.375 e. The number of carbonyl (C=O) groups is 2. The van der Waals surface area contributed by atoms with Crippen LogP contribution in [0.3, 0.4) is 0 Å². The first kappa shape index (κ1) is 13.3. The van der Waals surface area contributed by atoms with Crippen LogP contribution < -0.4 is 5.32 Å². The lowest BCUT2D eigenvalue weighted by Gasteiger charge is -2.19. The van der Waals surface area contributed by atoms with Crippen LogP contribution in [0.1, 0.15) is 22.3 Å². The van der Waals surface area contributed by atoms with Crippen molar-refractivity contribution in [3.63, 3.8) is 0 Å². The molecule has 0 saturated heterocycles. The predicted octanol–water partition coefficient (Wildman–Crippen LogP) is 2.81. The summed E-state index contributed by atoms with van der Waals surface area (Å²) in [6, 6.07) is 6.41. The summed E-state index contributed by atoms with van der Waals surface area (Å²) in [5.74, 6) is -0.880. The van der Waals surface area contributed by atoms with E-state index in [2.05, 4.69) is 5.32 Å². The number of thiophene rings is 1. The Kier molecular flexibility index (Phi) is 3.12. The van der Waals surface area contributed by atoms with Gasteiger partial charge in [-0.15, -0.1) is 0 Å². The molecule has 2 aromatic rings. The molecule has 1 atom stereocenters. The molecule has 2 heterocycles. The first-order valence-corrected chi connectivity index (χ1v) is 7.22. The van der Waals surface area contributed by atoms with Crippen molar-refractivity contribution in [2.45, 2.75) is 12.0 Å². The highest BCUT2D eigenvalue weighted by Crippen LogP contribution is 2.40. The number of hydrogen-bond donors (Lipinski definition) is 2. The summed E-state index contributed by atoms with van der Waals surface area (Å²) >= 11 is 7.29. The summed E-state index contributed by atoms with van der Waals surface area (Å²) in [7, 11) is 0. The molecule has 3 rings (SSSR count). The Morgan fingerprint density at radius 2 is 2.20 bits per heavy atom. The summed E-state index contributed by atoms with van der Waals surface area (Å²) in [6.07, 6.45) is -0.303. The van der Waals surface area contributed by atoms with Gasteiger partial charge in [0.05, 0.1) is 6.42 Å². The Morgan fingerprint density at radius 3 is 2.90 bits per heavy atom. The van der Waals surface area contributed by atoms with Crippen LogP contribution in [-0.4, -0.2) is 16.8 Å². The number of carbonyl (C=O) groups excluding carboxylic acids is 2. The molecule has 0 radical (unpaired) electrons. The van der Waals surface area contributed by atoms with E-state index in [0.29, 0.717) is 21.8 Å². The Bertz CT molecular complexity index is 698. The number of halogens is 1. The number of ketones is 1. The van der Waals surface area contributed by atoms with Gasteiger partial charge in [-0.25, -0.2) is 0 Å². The SMILES string of the molecule is O=C(C[C@]1(O)C(=O)Nc2ccc(Cl)cc21)c1ccsc1. The number of aliphatic hydroxyl groups is 1. The van der Waals surface area contributed by atoms with E-state index in [4.69, 9.17) is 11.6 Å². The molecule has 0 aliphatic carbocycles. The highest BCUT2D eigenvalue weighted by atomic mass is 35.5. The van der Waals surface area contributed by atoms with Gasteiger partial charge in [-0.1, -0.05) is 11.6 Å². The molecule has 20 heavy (non-hydrogen) atoms. The molecule has 1 aromatic carbocycles. The molecule has 0 spiro atoms. The van der Waals surface area contributed by atoms with Crippen molar-refractivity contribution in [3.8, 4) is 0 Å². The smallest absolute Gasteiger partial charge is 0.261 e. The molecule has 102 valence electrons. The number of benzene rings is 1. The fraction of sp³-hybridized carbons (Fsp3) is 0.143. The van der Waals surface area contributed by atoms with Crippen LogP contribution in [0, 0.1) is 0 Å². The first-order valence-electron chi connectivity index (χ1n) is 5.90. The van der Waals surface area contributed by atoms with Gasteiger partial charge in [-0.05, 0) is 29.6 Å². The number of nitrogens with one attached hydrogen (secondary N) is 1. The van der Waals surface area contributed by atoms with Gasteiger partial charge in [-0.3, -0.25) is 9.59 Å². The molecule has 2 N–H and O–H groups in total. The predicted molar refractivity (Wildman–Crippen MR) is 77.2 cm³/mol. The quantitative estimate of drug-likeness (QED) is 0.857. The van der Waals surface area contributed by atoms with E-state index in [1.54, 1.807) is 29.0 Å². The lowest BCUT2D eigenvalue weighted by atomic mass is 9.88. The van der Waals surface area contributed by atoms with Gasteiger partial charge in [0.2, 0.25) is 0 Å². The maximum absolute atomic E-state index is 12.1. The van der Waals surface area contributed by atoms with Crippen LogP contribution in [-0.2, 0) is 10.4 Å². The molecule has 6 heteroatoms. The van der Waals surface area contributed by atoms with Gasteiger partial charge >= 0.3 is 0 Å². The molecule has 1 aliphatic heterocycles. The fourth-order valence-electron chi connectivity index (χ4n) is 2.25. The van der Waals surface area contributed by atoms with Crippen LogP contribution in [0.2, 0.25) is 5.02 Å². The summed E-state index contributed by atoms with van der Waals surface area (Å²) < 4.78 is 0. The number of amides is 1. The molecular formula is C14H10ClNO3S. The third kappa shape index (κ3) is 2.04. The molecule has 0 fully saturated rings. The van der Waals surface area contributed by atoms with Crippen molar-refractivity contribution in [1.29, 1.82) is 0 Å². The van der Waals surface area contributed by atoms with E-state index in [1.165, 1.54) is 17.4 Å². The molecule has 1 aliphatic rings. The number of Topliss-reactive ketones (excluding diaryl/α,β-unsaturated/α-hetero) is 1. The Morgan fingerprint density at radius 1 is 1.40 bits per heavy atom. The third-order valence-corrected chi connectivity index (χ3v) is 4.23. The Hall–Kier alpha value is -1.69. The third-order valence-electron chi connectivity index (χ3n) is 3.31. The summed E-state index contributed by atoms with van der Waals surface area (Å²) in [6.45, 7) is 0. The van der Waals surface area contributed by atoms with Gasteiger partial charge in [0.25, 0.3) is 5.91 Å². The molecule has 4 nitrogen and oxygen atoms in total. The second kappa shape index (κ2) is 4.70. The highest BCUT2D eigenvalue weighted by molar-refractivity contribution is 7.08. The van der Waals surface area contributed by atoms with Crippen molar-refractivity contribution in [2.24, 2.45) is 0 Å². The van der Waals surface area contributed by atoms with Crippen molar-refractivity contribution in [2.75, 3.05) is 5.32 Å². The maximum atomic E-state index is 12.1. The van der Waals surface area contributed by atoms with E-state index >= 15 is 0 Å². The van der Waals surface area contributed by atoms with Crippen molar-refractivity contribution in [3.05, 3.63) is 51.2 Å². The molecule has 1 aromatic heterocycles. The van der Waals surface area contributed by atoms with Crippen LogP contribution in [0.4, 0.5) is 5.69 Å². The Balaban J connectivity index is 1.98. The summed E-state index contributed by atoms with van der Waals surface area (Å²) in [4.78, 5) is 24.2. The second-order valence-electron chi connectivity index (χ2n) is 4.62. The number of fused-ring (bicyclic) bond motifs is 1. The van der Waals surface area contributed by atoms with Crippen LogP contribution >= 0.6 is 22.9 Å². The van der Waals surface area contributed by atoms with E-state index in [1.807, 2.05) is 0 Å². The second-order valence-corrected chi connectivity index (χ2v) is 5.83. The van der Waals surface area contributed by atoms with Gasteiger partial charge in [-0.2, -0.15) is 11.3 Å². The molecule has 1 amide bonds. The lowest BCUT2D eigenvalue weighted by molar-refractivity contribution is -0.133. The van der Waals surface area contributed by atoms with E-state index < -0.39 is 11.5 Å². The van der Waals surface area contributed by atoms with E-state index in [0.717, 1.165) is 0 Å². The average Bonchev–Trinajstić information content (AvgIpc) is 3.00. The number of anilines is 1. The van der Waals surface area contributed by atoms with Gasteiger partial charge in [0, 0.05) is 27.2 Å². The summed E-state index contributed by atoms with van der Waals surface area (Å²) in [5, 5.41) is 17.1. The van der Waals surface area contributed by atoms with Gasteiger partial charge in [0.15, 0.2) is 11.4 Å². The number of rotatable bonds is 3. The molecule has 0 saturated carbocycles. The molecule has 0 unspecified atom stereocenters. The van der Waals surface area contributed by atoms with Gasteiger partial charge in [0.1, 0.15) is 0 Å². The standard InChI is InChI=1S/C14H10ClNO3S/c15-9-1-2-11-10(5-9)14(19,13(18)16-11)6-12(17)8-3-4-20-7-8/h1-5,7,19H,6H2,(H,16,18)/t14-/m1/s1. The zero-order valence-corrected chi connectivity index (χ0v) is 11.8. The van der Waals surface area contributed by atoms with Crippen molar-refractivity contribution < 1.29 is 14.7 Å². The van der Waals surface area contributed by atoms with Crippen LogP contribution in [0.15, 0.2) is 35.0 Å². The van der Waals surface area contributed by atoms with E-state index in [9.17, 15) is 14.7 Å². The minimum absolute atomic E-state index is 0.281. The van der Waals surface area contributed by atoms with Crippen LogP contribution in [0.25, 0.3) is 0 Å². The molecular weight excluding hydrogens is 298 g/mol. The lowest BCUT2D eigenvalue weighted by Crippen LogP contribution is -2.36. The zero-order chi connectivity index (χ0) is 14.3. The maximum Gasteiger partial charge on any atom is 0.261 e. The zero-order valence-electron chi connectivity index (χ0n) is 10.2. The van der Waals surface area contributed by atoms with Crippen molar-refractivity contribution >= 4 is 40.3 Å². The Labute approximate surface area is 124 Å². The normalized spacial score (nSPS) is 20.6. The fourth-order valence-corrected chi connectivity index (χ4v) is 3.08. The first-order chi connectivity index (χ1) is 9.50. The van der Waals surface area contributed by atoms with E-state index in [-0.39, 0.29) is 12.2 Å². The summed E-state index contributed by atoms with van der Waals surface area (Å²) in [5.41, 5.74) is -0.537. The molecule has 0 bridgehead atoms. The average molecular weight is 308 g/mol. The largest absolute Gasteiger partial charge is 0.375 e. The topological polar surface area (TPSA) is 66.4 Å².